The van der Waals surface area contributed by atoms with Gasteiger partial charge in [0.15, 0.2) is 5.78 Å². The minimum absolute atomic E-state index is 0.165. The molecule has 1 N–H and O–H groups in total. The standard InChI is InChI=1S/C28H35F6NO5/c1-16(2)20(24(38)27(29,30)31)15-21(36)23(18-8-10-19(40-4)11-9-18)35-25(39)17(3)14-22(37)26(28(32,33)34)12-6-5-7-13-26/h8-11,16-17,20,23H,5-7,12-15H2,1-4H3,(H,35,39)/t17-,20+,23+/m1/s1. The van der Waals surface area contributed by atoms with E-state index in [0.29, 0.717) is 12.2 Å². The Balaban J connectivity index is 2.31. The number of alkyl halides is 6. The number of halogens is 6. The molecule has 1 aromatic rings. The third-order valence-corrected chi connectivity index (χ3v) is 7.62. The molecule has 40 heavy (non-hydrogen) atoms. The highest BCUT2D eigenvalue weighted by atomic mass is 19.4. The summed E-state index contributed by atoms with van der Waals surface area (Å²) in [6, 6.07) is 4.18. The average Bonchev–Trinajstić information content (AvgIpc) is 2.88. The molecule has 1 saturated carbocycles. The van der Waals surface area contributed by atoms with Crippen LogP contribution in [0.2, 0.25) is 0 Å². The Labute approximate surface area is 229 Å². The predicted octanol–water partition coefficient (Wildman–Crippen LogP) is 6.32. The van der Waals surface area contributed by atoms with E-state index >= 15 is 0 Å². The summed E-state index contributed by atoms with van der Waals surface area (Å²) in [5.41, 5.74) is -2.37. The van der Waals surface area contributed by atoms with E-state index < -0.39 is 77.7 Å². The van der Waals surface area contributed by atoms with Gasteiger partial charge in [-0.25, -0.2) is 0 Å². The van der Waals surface area contributed by atoms with Crippen LogP contribution in [0.5, 0.6) is 5.75 Å². The van der Waals surface area contributed by atoms with Gasteiger partial charge in [0.2, 0.25) is 11.7 Å². The smallest absolute Gasteiger partial charge is 0.450 e. The monoisotopic (exact) mass is 579 g/mol. The third-order valence-electron chi connectivity index (χ3n) is 7.62. The maximum Gasteiger partial charge on any atom is 0.450 e. The van der Waals surface area contributed by atoms with Gasteiger partial charge in [0, 0.05) is 24.7 Å². The lowest BCUT2D eigenvalue weighted by atomic mass is 9.68. The fourth-order valence-corrected chi connectivity index (χ4v) is 5.05. The summed E-state index contributed by atoms with van der Waals surface area (Å²) in [4.78, 5) is 51.2. The van der Waals surface area contributed by atoms with E-state index in [1.165, 1.54) is 52.1 Å². The first-order valence-electron chi connectivity index (χ1n) is 13.1. The van der Waals surface area contributed by atoms with Crippen molar-refractivity contribution in [3.05, 3.63) is 29.8 Å². The molecule has 0 saturated heterocycles. The molecule has 0 unspecified atom stereocenters. The number of hydrogen-bond acceptors (Lipinski definition) is 5. The number of carbonyl (C=O) groups is 4. The molecule has 0 aliphatic heterocycles. The molecule has 0 radical (unpaired) electrons. The summed E-state index contributed by atoms with van der Waals surface area (Å²) < 4.78 is 86.4. The van der Waals surface area contributed by atoms with Gasteiger partial charge in [-0.15, -0.1) is 0 Å². The van der Waals surface area contributed by atoms with E-state index in [1.54, 1.807) is 0 Å². The van der Waals surface area contributed by atoms with Crippen LogP contribution in [0.1, 0.15) is 77.3 Å². The van der Waals surface area contributed by atoms with E-state index in [-0.39, 0.29) is 31.2 Å². The van der Waals surface area contributed by atoms with Crippen LogP contribution < -0.4 is 10.1 Å². The zero-order valence-corrected chi connectivity index (χ0v) is 22.9. The van der Waals surface area contributed by atoms with E-state index in [4.69, 9.17) is 4.74 Å². The number of methoxy groups -OCH3 is 1. The molecule has 1 aliphatic rings. The normalized spacial score (nSPS) is 18.0. The van der Waals surface area contributed by atoms with E-state index in [9.17, 15) is 45.5 Å². The first-order chi connectivity index (χ1) is 18.4. The second kappa shape index (κ2) is 13.2. The number of Topliss-reactive ketones (excluding diaryl/α,β-unsaturated/α-hetero) is 3. The fraction of sp³-hybridized carbons (Fsp3) is 0.643. The van der Waals surface area contributed by atoms with Crippen LogP contribution in [0.3, 0.4) is 0 Å². The van der Waals surface area contributed by atoms with Crippen molar-refractivity contribution in [1.82, 2.24) is 5.32 Å². The van der Waals surface area contributed by atoms with Gasteiger partial charge in [0.1, 0.15) is 23.0 Å². The number of hydrogen-bond donors (Lipinski definition) is 1. The molecule has 0 heterocycles. The zero-order valence-electron chi connectivity index (χ0n) is 22.9. The average molecular weight is 580 g/mol. The molecule has 1 aromatic carbocycles. The molecule has 1 amide bonds. The van der Waals surface area contributed by atoms with Crippen molar-refractivity contribution in [1.29, 1.82) is 0 Å². The minimum Gasteiger partial charge on any atom is -0.497 e. The van der Waals surface area contributed by atoms with Crippen molar-refractivity contribution < 1.29 is 50.3 Å². The lowest BCUT2D eigenvalue weighted by Crippen LogP contribution is -2.48. The topological polar surface area (TPSA) is 89.5 Å². The van der Waals surface area contributed by atoms with Gasteiger partial charge in [0.25, 0.3) is 0 Å². The molecule has 0 aromatic heterocycles. The highest BCUT2D eigenvalue weighted by molar-refractivity contribution is 5.96. The number of ketones is 3. The largest absolute Gasteiger partial charge is 0.497 e. The molecule has 3 atom stereocenters. The molecule has 0 spiro atoms. The van der Waals surface area contributed by atoms with Crippen LogP contribution >= 0.6 is 0 Å². The second-order valence-electron chi connectivity index (χ2n) is 10.8. The third kappa shape index (κ3) is 7.84. The number of rotatable bonds is 12. The minimum atomic E-state index is -5.17. The Kier molecular flexibility index (Phi) is 11.0. The lowest BCUT2D eigenvalue weighted by molar-refractivity contribution is -0.229. The number of carbonyl (C=O) groups excluding carboxylic acids is 4. The first kappa shape index (κ1) is 33.3. The lowest BCUT2D eigenvalue weighted by Gasteiger charge is -2.38. The predicted molar refractivity (Wildman–Crippen MR) is 133 cm³/mol. The zero-order chi connectivity index (χ0) is 30.5. The van der Waals surface area contributed by atoms with Crippen LogP contribution in [0.25, 0.3) is 0 Å². The summed E-state index contributed by atoms with van der Waals surface area (Å²) in [5, 5.41) is 2.40. The van der Waals surface area contributed by atoms with Gasteiger partial charge in [0.05, 0.1) is 7.11 Å². The Bertz CT molecular complexity index is 1060. The van der Waals surface area contributed by atoms with Crippen LogP contribution in [-0.4, -0.2) is 42.7 Å². The van der Waals surface area contributed by atoms with Gasteiger partial charge in [-0.1, -0.05) is 52.2 Å². The van der Waals surface area contributed by atoms with Gasteiger partial charge in [-0.05, 0) is 36.5 Å². The number of ether oxygens (including phenoxy) is 1. The molecule has 224 valence electrons. The number of nitrogens with one attached hydrogen (secondary N) is 1. The Morgan fingerprint density at radius 3 is 1.90 bits per heavy atom. The molecule has 0 bridgehead atoms. The van der Waals surface area contributed by atoms with Crippen molar-refractivity contribution in [2.45, 2.75) is 84.1 Å². The van der Waals surface area contributed by atoms with Gasteiger partial charge >= 0.3 is 12.4 Å². The van der Waals surface area contributed by atoms with Gasteiger partial charge in [-0.3, -0.25) is 19.2 Å². The Morgan fingerprint density at radius 2 is 1.45 bits per heavy atom. The maximum absolute atomic E-state index is 13.9. The summed E-state index contributed by atoms with van der Waals surface area (Å²) in [6.07, 6.45) is -11.2. The van der Waals surface area contributed by atoms with E-state index in [1.807, 2.05) is 0 Å². The highest BCUT2D eigenvalue weighted by Gasteiger charge is 2.59. The maximum atomic E-state index is 13.9. The van der Waals surface area contributed by atoms with E-state index in [2.05, 4.69) is 5.32 Å². The molecule has 12 heteroatoms. The van der Waals surface area contributed by atoms with Crippen LogP contribution in [0, 0.1) is 23.2 Å². The van der Waals surface area contributed by atoms with Crippen molar-refractivity contribution in [2.24, 2.45) is 23.2 Å². The first-order valence-corrected chi connectivity index (χ1v) is 13.1. The quantitative estimate of drug-likeness (QED) is 0.293. The Morgan fingerprint density at radius 1 is 0.900 bits per heavy atom. The fourth-order valence-electron chi connectivity index (χ4n) is 5.05. The Hall–Kier alpha value is -2.92. The van der Waals surface area contributed by atoms with Crippen molar-refractivity contribution in [3.63, 3.8) is 0 Å². The van der Waals surface area contributed by atoms with Crippen LogP contribution in [0.4, 0.5) is 26.3 Å². The summed E-state index contributed by atoms with van der Waals surface area (Å²) in [5.74, 6) is -8.42. The van der Waals surface area contributed by atoms with Crippen LogP contribution in [0.15, 0.2) is 24.3 Å². The molecule has 6 nitrogen and oxygen atoms in total. The second-order valence-corrected chi connectivity index (χ2v) is 10.8. The SMILES string of the molecule is COc1ccc([C@H](NC(=O)[C@H](C)CC(=O)C2(C(F)(F)F)CCCCC2)C(=O)C[C@H](C(=O)C(F)(F)F)C(C)C)cc1. The summed E-state index contributed by atoms with van der Waals surface area (Å²) >= 11 is 0. The molecular weight excluding hydrogens is 544 g/mol. The molecule has 2 rings (SSSR count). The summed E-state index contributed by atoms with van der Waals surface area (Å²) in [7, 11) is 1.38. The van der Waals surface area contributed by atoms with E-state index in [0.717, 1.165) is 0 Å². The summed E-state index contributed by atoms with van der Waals surface area (Å²) in [6.45, 7) is 3.97. The molecule has 1 aliphatic carbocycles. The highest BCUT2D eigenvalue weighted by Crippen LogP contribution is 2.50. The molecular formula is C28H35F6NO5. The van der Waals surface area contributed by atoms with Crippen molar-refractivity contribution in [2.75, 3.05) is 7.11 Å². The van der Waals surface area contributed by atoms with Crippen molar-refractivity contribution in [3.8, 4) is 5.75 Å². The van der Waals surface area contributed by atoms with Gasteiger partial charge in [-0.2, -0.15) is 26.3 Å². The number of benzene rings is 1. The van der Waals surface area contributed by atoms with Crippen LogP contribution in [-0.2, 0) is 19.2 Å². The molecule has 1 fully saturated rings. The van der Waals surface area contributed by atoms with Gasteiger partial charge < -0.3 is 10.1 Å². The number of amides is 1. The van der Waals surface area contributed by atoms with Crippen molar-refractivity contribution >= 4 is 23.3 Å².